The van der Waals surface area contributed by atoms with E-state index >= 15 is 0 Å². The van der Waals surface area contributed by atoms with Gasteiger partial charge >= 0.3 is 0 Å². The van der Waals surface area contributed by atoms with Crippen molar-refractivity contribution in [2.45, 2.75) is 32.9 Å². The molecule has 2 rings (SSSR count). The van der Waals surface area contributed by atoms with Gasteiger partial charge in [0.25, 0.3) is 0 Å². The first-order chi connectivity index (χ1) is 9.46. The van der Waals surface area contributed by atoms with Gasteiger partial charge < -0.3 is 20.9 Å². The Kier molecular flexibility index (Phi) is 4.09. The summed E-state index contributed by atoms with van der Waals surface area (Å²) in [7, 11) is 0. The third kappa shape index (κ3) is 3.86. The highest BCUT2D eigenvalue weighted by molar-refractivity contribution is 5.73. The first-order valence-corrected chi connectivity index (χ1v) is 6.35. The SMILES string of the molecule is CC(C)(C)NNc1ncnc(NCc2ccco2)c1N. The van der Waals surface area contributed by atoms with E-state index in [0.29, 0.717) is 23.9 Å². The smallest absolute Gasteiger partial charge is 0.169 e. The van der Waals surface area contributed by atoms with Crippen molar-refractivity contribution in [3.05, 3.63) is 30.5 Å². The molecular weight excluding hydrogens is 256 g/mol. The van der Waals surface area contributed by atoms with Gasteiger partial charge in [0.05, 0.1) is 12.8 Å². The quantitative estimate of drug-likeness (QED) is 0.619. The van der Waals surface area contributed by atoms with Gasteiger partial charge in [0, 0.05) is 5.54 Å². The highest BCUT2D eigenvalue weighted by atomic mass is 16.3. The predicted octanol–water partition coefficient (Wildman–Crippen LogP) is 1.98. The largest absolute Gasteiger partial charge is 0.467 e. The maximum absolute atomic E-state index is 6.03. The van der Waals surface area contributed by atoms with Crippen molar-refractivity contribution in [1.29, 1.82) is 0 Å². The van der Waals surface area contributed by atoms with Crippen LogP contribution in [0.5, 0.6) is 0 Å². The van der Waals surface area contributed by atoms with E-state index in [1.165, 1.54) is 6.33 Å². The molecule has 0 fully saturated rings. The Labute approximate surface area is 118 Å². The molecule has 0 bridgehead atoms. The molecule has 0 spiro atoms. The van der Waals surface area contributed by atoms with E-state index < -0.39 is 0 Å². The molecule has 0 aromatic carbocycles. The van der Waals surface area contributed by atoms with Crippen LogP contribution in [0.4, 0.5) is 17.3 Å². The van der Waals surface area contributed by atoms with Crippen LogP contribution in [0, 0.1) is 0 Å². The van der Waals surface area contributed by atoms with E-state index in [1.54, 1.807) is 6.26 Å². The van der Waals surface area contributed by atoms with Crippen molar-refractivity contribution in [1.82, 2.24) is 15.4 Å². The molecule has 7 heteroatoms. The lowest BCUT2D eigenvalue weighted by molar-refractivity contribution is 0.464. The first kappa shape index (κ1) is 14.1. The number of hydrogen-bond acceptors (Lipinski definition) is 7. The fraction of sp³-hybridized carbons (Fsp3) is 0.385. The van der Waals surface area contributed by atoms with Crippen LogP contribution in [0.2, 0.25) is 0 Å². The Morgan fingerprint density at radius 2 is 2.00 bits per heavy atom. The Morgan fingerprint density at radius 3 is 2.65 bits per heavy atom. The van der Waals surface area contributed by atoms with Crippen LogP contribution in [0.1, 0.15) is 26.5 Å². The molecule has 0 aliphatic rings. The van der Waals surface area contributed by atoms with Crippen molar-refractivity contribution in [2.75, 3.05) is 16.5 Å². The van der Waals surface area contributed by atoms with Crippen LogP contribution in [0.15, 0.2) is 29.1 Å². The molecule has 108 valence electrons. The topological polar surface area (TPSA) is 101 Å². The van der Waals surface area contributed by atoms with Crippen LogP contribution >= 0.6 is 0 Å². The number of aromatic nitrogens is 2. The van der Waals surface area contributed by atoms with Crippen molar-refractivity contribution in [3.63, 3.8) is 0 Å². The highest BCUT2D eigenvalue weighted by Crippen LogP contribution is 2.22. The summed E-state index contributed by atoms with van der Waals surface area (Å²) >= 11 is 0. The molecule has 7 nitrogen and oxygen atoms in total. The Bertz CT molecular complexity index is 546. The van der Waals surface area contributed by atoms with E-state index in [0.717, 1.165) is 5.76 Å². The van der Waals surface area contributed by atoms with E-state index in [4.69, 9.17) is 10.2 Å². The fourth-order valence-corrected chi connectivity index (χ4v) is 1.47. The van der Waals surface area contributed by atoms with Gasteiger partial charge in [-0.3, -0.25) is 0 Å². The van der Waals surface area contributed by atoms with Crippen LogP contribution in [-0.4, -0.2) is 15.5 Å². The first-order valence-electron chi connectivity index (χ1n) is 6.35. The summed E-state index contributed by atoms with van der Waals surface area (Å²) in [5.74, 6) is 1.91. The van der Waals surface area contributed by atoms with Gasteiger partial charge in [0.15, 0.2) is 11.6 Å². The zero-order valence-corrected chi connectivity index (χ0v) is 11.9. The number of nitrogen functional groups attached to an aromatic ring is 1. The molecule has 0 saturated heterocycles. The molecule has 0 amide bonds. The van der Waals surface area contributed by atoms with Crippen molar-refractivity contribution in [2.24, 2.45) is 0 Å². The third-order valence-corrected chi connectivity index (χ3v) is 2.45. The van der Waals surface area contributed by atoms with Crippen molar-refractivity contribution in [3.8, 4) is 0 Å². The summed E-state index contributed by atoms with van der Waals surface area (Å²) in [4.78, 5) is 8.24. The Balaban J connectivity index is 2.03. The van der Waals surface area contributed by atoms with E-state index in [1.807, 2.05) is 32.9 Å². The molecule has 0 aliphatic heterocycles. The molecule has 2 aromatic rings. The lowest BCUT2D eigenvalue weighted by Gasteiger charge is -2.22. The lowest BCUT2D eigenvalue weighted by Crippen LogP contribution is -2.40. The maximum atomic E-state index is 6.03. The normalized spacial score (nSPS) is 11.3. The minimum Gasteiger partial charge on any atom is -0.467 e. The van der Waals surface area contributed by atoms with Gasteiger partial charge in [-0.2, -0.15) is 0 Å². The second kappa shape index (κ2) is 5.79. The summed E-state index contributed by atoms with van der Waals surface area (Å²) in [6.45, 7) is 6.62. The zero-order valence-electron chi connectivity index (χ0n) is 11.9. The second-order valence-electron chi connectivity index (χ2n) is 5.42. The van der Waals surface area contributed by atoms with E-state index in [9.17, 15) is 0 Å². The number of hydrazine groups is 1. The summed E-state index contributed by atoms with van der Waals surface area (Å²) in [6.07, 6.45) is 3.08. The molecule has 0 atom stereocenters. The van der Waals surface area contributed by atoms with Crippen LogP contribution in [0.3, 0.4) is 0 Å². The van der Waals surface area contributed by atoms with Gasteiger partial charge in [-0.25, -0.2) is 15.4 Å². The predicted molar refractivity (Wildman–Crippen MR) is 79.0 cm³/mol. The zero-order chi connectivity index (χ0) is 14.6. The molecule has 0 saturated carbocycles. The number of anilines is 3. The molecule has 0 radical (unpaired) electrons. The number of hydrogen-bond donors (Lipinski definition) is 4. The molecule has 5 N–H and O–H groups in total. The minimum absolute atomic E-state index is 0.0981. The number of furan rings is 1. The average Bonchev–Trinajstić information content (AvgIpc) is 2.88. The molecule has 20 heavy (non-hydrogen) atoms. The van der Waals surface area contributed by atoms with Gasteiger partial charge in [-0.1, -0.05) is 0 Å². The standard InChI is InChI=1S/C13H20N6O/c1-13(2,3)19-18-12-10(14)11(16-8-17-12)15-7-9-5-4-6-20-9/h4-6,8,19H,7,14H2,1-3H3,(H2,15,16,17,18). The number of nitrogens with one attached hydrogen (secondary N) is 3. The van der Waals surface area contributed by atoms with Crippen LogP contribution < -0.4 is 21.9 Å². The van der Waals surface area contributed by atoms with Crippen LogP contribution in [-0.2, 0) is 6.54 Å². The van der Waals surface area contributed by atoms with Crippen LogP contribution in [0.25, 0.3) is 0 Å². The maximum Gasteiger partial charge on any atom is 0.169 e. The van der Waals surface area contributed by atoms with Gasteiger partial charge in [-0.15, -0.1) is 0 Å². The molecule has 2 heterocycles. The van der Waals surface area contributed by atoms with Crippen molar-refractivity contribution >= 4 is 17.3 Å². The summed E-state index contributed by atoms with van der Waals surface area (Å²) in [5, 5.41) is 3.12. The summed E-state index contributed by atoms with van der Waals surface area (Å²) in [6, 6.07) is 3.71. The van der Waals surface area contributed by atoms with Gasteiger partial charge in [-0.05, 0) is 32.9 Å². The third-order valence-electron chi connectivity index (χ3n) is 2.45. The molecule has 2 aromatic heterocycles. The second-order valence-corrected chi connectivity index (χ2v) is 5.42. The Morgan fingerprint density at radius 1 is 1.25 bits per heavy atom. The monoisotopic (exact) mass is 276 g/mol. The highest BCUT2D eigenvalue weighted by Gasteiger charge is 2.12. The fourth-order valence-electron chi connectivity index (χ4n) is 1.47. The average molecular weight is 276 g/mol. The summed E-state index contributed by atoms with van der Waals surface area (Å²) < 4.78 is 5.24. The minimum atomic E-state index is -0.0981. The Hall–Kier alpha value is -2.28. The molecule has 0 unspecified atom stereocenters. The lowest BCUT2D eigenvalue weighted by atomic mass is 10.1. The van der Waals surface area contributed by atoms with E-state index in [2.05, 4.69) is 26.1 Å². The summed E-state index contributed by atoms with van der Waals surface area (Å²) in [5.41, 5.74) is 12.5. The number of nitrogens with zero attached hydrogens (tertiary/aromatic N) is 2. The van der Waals surface area contributed by atoms with Gasteiger partial charge in [0.1, 0.15) is 17.8 Å². The van der Waals surface area contributed by atoms with Gasteiger partial charge in [0.2, 0.25) is 0 Å². The molecule has 0 aliphatic carbocycles. The van der Waals surface area contributed by atoms with Crippen molar-refractivity contribution < 1.29 is 4.42 Å². The molecular formula is C13H20N6O. The number of rotatable bonds is 5. The van der Waals surface area contributed by atoms with E-state index in [-0.39, 0.29) is 5.54 Å². The number of nitrogens with two attached hydrogens (primary N) is 1.